The number of ether oxygens (including phenoxy) is 1. The fourth-order valence-corrected chi connectivity index (χ4v) is 3.40. The fourth-order valence-electron chi connectivity index (χ4n) is 3.40. The van der Waals surface area contributed by atoms with Crippen LogP contribution in [0.2, 0.25) is 0 Å². The van der Waals surface area contributed by atoms with Gasteiger partial charge in [0, 0.05) is 31.1 Å². The summed E-state index contributed by atoms with van der Waals surface area (Å²) in [6.45, 7) is 3.28. The Labute approximate surface area is 161 Å². The number of aromatic nitrogens is 4. The maximum absolute atomic E-state index is 13.0. The third-order valence-electron chi connectivity index (χ3n) is 5.18. The number of alkyl halides is 3. The van der Waals surface area contributed by atoms with E-state index in [-0.39, 0.29) is 5.82 Å². The number of nitrogens with zero attached hydrogens (tertiary/aromatic N) is 5. The Balaban J connectivity index is 1.30. The first-order valence-electron chi connectivity index (χ1n) is 9.53. The van der Waals surface area contributed by atoms with Gasteiger partial charge in [-0.3, -0.25) is 0 Å². The molecule has 4 rings (SSSR count). The van der Waals surface area contributed by atoms with E-state index in [0.29, 0.717) is 43.2 Å². The smallest absolute Gasteiger partial charge is 0.433 e. The molecule has 0 radical (unpaired) electrons. The zero-order valence-corrected chi connectivity index (χ0v) is 15.6. The molecule has 0 unspecified atom stereocenters. The third-order valence-corrected chi connectivity index (χ3v) is 5.18. The standard InChI is InChI=1S/C19H22F3N5O/c1-12-23-16(19(20,21)22)10-17(24-12)27-8-6-13(7-9-27)11-28-18-5-4-15(25-26-18)14-2-3-14/h4-5,10,13-14H,2-3,6-9,11H2,1H3. The molecule has 2 aliphatic rings. The Morgan fingerprint density at radius 1 is 1.07 bits per heavy atom. The second-order valence-corrected chi connectivity index (χ2v) is 7.47. The molecule has 2 aromatic rings. The normalized spacial score (nSPS) is 18.4. The van der Waals surface area contributed by atoms with Crippen molar-refractivity contribution in [2.45, 2.75) is 44.7 Å². The Hall–Kier alpha value is -2.45. The van der Waals surface area contributed by atoms with Crippen molar-refractivity contribution in [1.29, 1.82) is 0 Å². The van der Waals surface area contributed by atoms with Crippen LogP contribution in [0.5, 0.6) is 5.88 Å². The number of halogens is 3. The minimum absolute atomic E-state index is 0.128. The maximum atomic E-state index is 13.0. The largest absolute Gasteiger partial charge is 0.476 e. The summed E-state index contributed by atoms with van der Waals surface area (Å²) in [7, 11) is 0. The Morgan fingerprint density at radius 3 is 2.43 bits per heavy atom. The van der Waals surface area contributed by atoms with Crippen molar-refractivity contribution in [1.82, 2.24) is 20.2 Å². The van der Waals surface area contributed by atoms with Crippen molar-refractivity contribution < 1.29 is 17.9 Å². The minimum Gasteiger partial charge on any atom is -0.476 e. The van der Waals surface area contributed by atoms with E-state index in [1.165, 1.54) is 19.8 Å². The van der Waals surface area contributed by atoms with Crippen LogP contribution in [0, 0.1) is 12.8 Å². The summed E-state index contributed by atoms with van der Waals surface area (Å²) in [5, 5.41) is 8.33. The first-order chi connectivity index (χ1) is 13.4. The van der Waals surface area contributed by atoms with Gasteiger partial charge >= 0.3 is 6.18 Å². The monoisotopic (exact) mass is 393 g/mol. The SMILES string of the molecule is Cc1nc(N2CCC(COc3ccc(C4CC4)nn3)CC2)cc(C(F)(F)F)n1. The van der Waals surface area contributed by atoms with Gasteiger partial charge < -0.3 is 9.64 Å². The summed E-state index contributed by atoms with van der Waals surface area (Å²) in [4.78, 5) is 9.57. The summed E-state index contributed by atoms with van der Waals surface area (Å²) < 4.78 is 44.7. The molecule has 1 aliphatic carbocycles. The first kappa shape index (κ1) is 18.9. The van der Waals surface area contributed by atoms with Crippen molar-refractivity contribution in [3.05, 3.63) is 35.4 Å². The molecule has 1 saturated carbocycles. The van der Waals surface area contributed by atoms with Gasteiger partial charge in [0.2, 0.25) is 5.88 Å². The van der Waals surface area contributed by atoms with E-state index in [4.69, 9.17) is 4.74 Å². The highest BCUT2D eigenvalue weighted by Crippen LogP contribution is 2.38. The number of rotatable bonds is 5. The molecule has 28 heavy (non-hydrogen) atoms. The second-order valence-electron chi connectivity index (χ2n) is 7.47. The van der Waals surface area contributed by atoms with Crippen molar-refractivity contribution in [3.63, 3.8) is 0 Å². The van der Waals surface area contributed by atoms with Crippen LogP contribution in [0.3, 0.4) is 0 Å². The Kier molecular flexibility index (Phi) is 5.07. The van der Waals surface area contributed by atoms with E-state index in [1.54, 1.807) is 0 Å². The molecule has 0 N–H and O–H groups in total. The molecule has 6 nitrogen and oxygen atoms in total. The van der Waals surface area contributed by atoms with E-state index in [1.807, 2.05) is 17.0 Å². The third kappa shape index (κ3) is 4.51. The highest BCUT2D eigenvalue weighted by Gasteiger charge is 2.34. The molecule has 3 heterocycles. The summed E-state index contributed by atoms with van der Waals surface area (Å²) in [6, 6.07) is 4.86. The molecule has 2 fully saturated rings. The summed E-state index contributed by atoms with van der Waals surface area (Å²) >= 11 is 0. The molecule has 0 atom stereocenters. The molecule has 0 amide bonds. The Bertz CT molecular complexity index is 815. The number of hydrogen-bond donors (Lipinski definition) is 0. The molecule has 2 aromatic heterocycles. The minimum atomic E-state index is -4.47. The highest BCUT2D eigenvalue weighted by molar-refractivity contribution is 5.41. The summed E-state index contributed by atoms with van der Waals surface area (Å²) in [5.41, 5.74) is 0.132. The van der Waals surface area contributed by atoms with E-state index >= 15 is 0 Å². The van der Waals surface area contributed by atoms with Gasteiger partial charge in [0.25, 0.3) is 0 Å². The predicted molar refractivity (Wildman–Crippen MR) is 96.2 cm³/mol. The molecule has 0 aromatic carbocycles. The number of aryl methyl sites for hydroxylation is 1. The predicted octanol–water partition coefficient (Wildman–Crippen LogP) is 3.77. The maximum Gasteiger partial charge on any atom is 0.433 e. The van der Waals surface area contributed by atoms with Crippen LogP contribution >= 0.6 is 0 Å². The number of hydrogen-bond acceptors (Lipinski definition) is 6. The molecule has 1 saturated heterocycles. The lowest BCUT2D eigenvalue weighted by Gasteiger charge is -2.32. The molecule has 0 bridgehead atoms. The molecule has 0 spiro atoms. The van der Waals surface area contributed by atoms with Gasteiger partial charge in [0.05, 0.1) is 12.3 Å². The van der Waals surface area contributed by atoms with Crippen molar-refractivity contribution in [2.24, 2.45) is 5.92 Å². The fraction of sp³-hybridized carbons (Fsp3) is 0.579. The van der Waals surface area contributed by atoms with E-state index in [9.17, 15) is 13.2 Å². The highest BCUT2D eigenvalue weighted by atomic mass is 19.4. The summed E-state index contributed by atoms with van der Waals surface area (Å²) in [6.07, 6.45) is -0.464. The molecule has 9 heteroatoms. The van der Waals surface area contributed by atoms with Gasteiger partial charge in [0.1, 0.15) is 17.3 Å². The lowest BCUT2D eigenvalue weighted by Crippen LogP contribution is -2.36. The van der Waals surface area contributed by atoms with E-state index in [0.717, 1.165) is 24.6 Å². The van der Waals surface area contributed by atoms with Gasteiger partial charge in [-0.15, -0.1) is 5.10 Å². The topological polar surface area (TPSA) is 64.0 Å². The van der Waals surface area contributed by atoms with Crippen LogP contribution in [0.1, 0.15) is 48.8 Å². The second kappa shape index (κ2) is 7.52. The van der Waals surface area contributed by atoms with Gasteiger partial charge in [-0.2, -0.15) is 18.3 Å². The molecular weight excluding hydrogens is 371 g/mol. The summed E-state index contributed by atoms with van der Waals surface area (Å²) in [5.74, 6) is 1.87. The lowest BCUT2D eigenvalue weighted by molar-refractivity contribution is -0.141. The van der Waals surface area contributed by atoms with Crippen molar-refractivity contribution >= 4 is 5.82 Å². The van der Waals surface area contributed by atoms with Crippen molar-refractivity contribution in [3.8, 4) is 5.88 Å². The zero-order chi connectivity index (χ0) is 19.7. The van der Waals surface area contributed by atoms with Crippen LogP contribution in [0.4, 0.5) is 19.0 Å². The number of anilines is 1. The Morgan fingerprint density at radius 2 is 1.82 bits per heavy atom. The van der Waals surface area contributed by atoms with Crippen LogP contribution < -0.4 is 9.64 Å². The van der Waals surface area contributed by atoms with Crippen LogP contribution in [0.15, 0.2) is 18.2 Å². The molecule has 150 valence electrons. The van der Waals surface area contributed by atoms with Crippen LogP contribution in [-0.2, 0) is 6.18 Å². The van der Waals surface area contributed by atoms with Crippen LogP contribution in [0.25, 0.3) is 0 Å². The lowest BCUT2D eigenvalue weighted by atomic mass is 9.98. The first-order valence-corrected chi connectivity index (χ1v) is 9.53. The van der Waals surface area contributed by atoms with Crippen LogP contribution in [-0.4, -0.2) is 39.9 Å². The van der Waals surface area contributed by atoms with Gasteiger partial charge in [-0.05, 0) is 44.6 Å². The average molecular weight is 393 g/mol. The van der Waals surface area contributed by atoms with Gasteiger partial charge in [-0.25, -0.2) is 9.97 Å². The molecular formula is C19H22F3N5O. The van der Waals surface area contributed by atoms with E-state index in [2.05, 4.69) is 20.2 Å². The molecule has 1 aliphatic heterocycles. The van der Waals surface area contributed by atoms with Gasteiger partial charge in [0.15, 0.2) is 0 Å². The number of piperidine rings is 1. The van der Waals surface area contributed by atoms with Crippen molar-refractivity contribution in [2.75, 3.05) is 24.6 Å². The van der Waals surface area contributed by atoms with Gasteiger partial charge in [-0.1, -0.05) is 0 Å². The average Bonchev–Trinajstić information content (AvgIpc) is 3.51. The van der Waals surface area contributed by atoms with E-state index < -0.39 is 11.9 Å². The quantitative estimate of drug-likeness (QED) is 0.771. The zero-order valence-electron chi connectivity index (χ0n) is 15.6.